The van der Waals surface area contributed by atoms with E-state index in [1.54, 1.807) is 37.3 Å². The van der Waals surface area contributed by atoms with E-state index in [-0.39, 0.29) is 24.5 Å². The fraction of sp³-hybridized carbons (Fsp3) is 0.250. The third-order valence-corrected chi connectivity index (χ3v) is 3.73. The van der Waals surface area contributed by atoms with E-state index in [0.717, 1.165) is 0 Å². The number of hydrogen-bond donors (Lipinski definition) is 1. The van der Waals surface area contributed by atoms with Crippen molar-refractivity contribution in [3.8, 4) is 11.5 Å². The zero-order valence-corrected chi connectivity index (χ0v) is 15.6. The first-order chi connectivity index (χ1) is 13.5. The summed E-state index contributed by atoms with van der Waals surface area (Å²) in [5.41, 5.74) is 0.388. The van der Waals surface area contributed by atoms with Crippen molar-refractivity contribution in [1.82, 2.24) is 0 Å². The topological polar surface area (TPSA) is 102 Å². The van der Waals surface area contributed by atoms with Crippen LogP contribution >= 0.6 is 0 Å². The van der Waals surface area contributed by atoms with Crippen LogP contribution in [0.25, 0.3) is 0 Å². The average molecular weight is 387 g/mol. The molecule has 0 aliphatic carbocycles. The zero-order chi connectivity index (χ0) is 20.5. The maximum Gasteiger partial charge on any atom is 0.339 e. The van der Waals surface area contributed by atoms with Gasteiger partial charge in [0.2, 0.25) is 0 Å². The number of esters is 1. The van der Waals surface area contributed by atoms with Crippen LogP contribution in [0.4, 0.5) is 5.69 Å². The highest BCUT2D eigenvalue weighted by atomic mass is 16.5. The summed E-state index contributed by atoms with van der Waals surface area (Å²) in [7, 11) is 1.43. The van der Waals surface area contributed by atoms with E-state index in [1.807, 2.05) is 0 Å². The van der Waals surface area contributed by atoms with Crippen LogP contribution in [-0.2, 0) is 14.3 Å². The first-order valence-electron chi connectivity index (χ1n) is 8.51. The molecular formula is C20H21NO7. The lowest BCUT2D eigenvalue weighted by Gasteiger charge is -2.22. The molecule has 0 bridgehead atoms. The van der Waals surface area contributed by atoms with Crippen molar-refractivity contribution in [3.05, 3.63) is 54.1 Å². The molecule has 8 nitrogen and oxygen atoms in total. The van der Waals surface area contributed by atoms with Gasteiger partial charge in [0, 0.05) is 11.8 Å². The van der Waals surface area contributed by atoms with Crippen LogP contribution in [-0.4, -0.2) is 49.8 Å². The minimum atomic E-state index is -1.20. The number of aromatic carboxylic acids is 1. The van der Waals surface area contributed by atoms with Gasteiger partial charge in [0.1, 0.15) is 23.6 Å². The monoisotopic (exact) mass is 387 g/mol. The number of carboxylic acid groups (broad SMARTS) is 1. The predicted molar refractivity (Wildman–Crippen MR) is 101 cm³/mol. The van der Waals surface area contributed by atoms with E-state index in [0.29, 0.717) is 11.4 Å². The summed E-state index contributed by atoms with van der Waals surface area (Å²) < 4.78 is 15.4. The zero-order valence-electron chi connectivity index (χ0n) is 15.6. The first kappa shape index (κ1) is 20.8. The Morgan fingerprint density at radius 2 is 1.79 bits per heavy atom. The number of amides is 1. The van der Waals surface area contributed by atoms with Gasteiger partial charge in [0.15, 0.2) is 6.61 Å². The molecule has 2 rings (SSSR count). The van der Waals surface area contributed by atoms with E-state index in [9.17, 15) is 19.5 Å². The van der Waals surface area contributed by atoms with Crippen LogP contribution in [0.15, 0.2) is 48.5 Å². The third-order valence-electron chi connectivity index (χ3n) is 3.73. The van der Waals surface area contributed by atoms with Crippen molar-refractivity contribution < 1.29 is 33.7 Å². The van der Waals surface area contributed by atoms with Crippen molar-refractivity contribution in [2.45, 2.75) is 6.92 Å². The molecule has 0 atom stereocenters. The molecule has 0 aliphatic heterocycles. The SMILES string of the molecule is CCOC(=O)CN(C(=O)COc1cc(OC)ccc1C(=O)O)c1ccccc1. The molecule has 0 radical (unpaired) electrons. The molecule has 1 N–H and O–H groups in total. The summed E-state index contributed by atoms with van der Waals surface area (Å²) in [6.45, 7) is 1.11. The molecule has 0 saturated heterocycles. The highest BCUT2D eigenvalue weighted by molar-refractivity contribution is 5.98. The Hall–Kier alpha value is -3.55. The number of carboxylic acids is 1. The van der Waals surface area contributed by atoms with E-state index in [1.165, 1.54) is 30.2 Å². The van der Waals surface area contributed by atoms with Crippen LogP contribution < -0.4 is 14.4 Å². The number of methoxy groups -OCH3 is 1. The van der Waals surface area contributed by atoms with Gasteiger partial charge in [-0.25, -0.2) is 4.79 Å². The number of para-hydroxylation sites is 1. The molecule has 0 saturated carbocycles. The fourth-order valence-electron chi connectivity index (χ4n) is 2.41. The van der Waals surface area contributed by atoms with Gasteiger partial charge in [-0.05, 0) is 31.2 Å². The molecular weight excluding hydrogens is 366 g/mol. The van der Waals surface area contributed by atoms with Crippen molar-refractivity contribution in [1.29, 1.82) is 0 Å². The maximum absolute atomic E-state index is 12.7. The Labute approximate surface area is 162 Å². The smallest absolute Gasteiger partial charge is 0.339 e. The van der Waals surface area contributed by atoms with Crippen molar-refractivity contribution in [3.63, 3.8) is 0 Å². The van der Waals surface area contributed by atoms with Gasteiger partial charge < -0.3 is 19.3 Å². The van der Waals surface area contributed by atoms with Crippen molar-refractivity contribution in [2.75, 3.05) is 31.8 Å². The van der Waals surface area contributed by atoms with Gasteiger partial charge in [0.25, 0.3) is 5.91 Å². The molecule has 0 aliphatic rings. The van der Waals surface area contributed by atoms with E-state index < -0.39 is 24.5 Å². The fourth-order valence-corrected chi connectivity index (χ4v) is 2.41. The number of carbonyl (C=O) groups is 3. The Bertz CT molecular complexity index is 836. The molecule has 0 heterocycles. The molecule has 1 amide bonds. The number of benzene rings is 2. The molecule has 8 heteroatoms. The molecule has 0 fully saturated rings. The third kappa shape index (κ3) is 5.47. The van der Waals surface area contributed by atoms with Gasteiger partial charge in [-0.3, -0.25) is 14.5 Å². The summed E-state index contributed by atoms with van der Waals surface area (Å²) in [5, 5.41) is 9.28. The molecule has 0 spiro atoms. The summed E-state index contributed by atoms with van der Waals surface area (Å²) in [5.74, 6) is -1.91. The summed E-state index contributed by atoms with van der Waals surface area (Å²) in [4.78, 5) is 37.2. The van der Waals surface area contributed by atoms with E-state index in [4.69, 9.17) is 14.2 Å². The largest absolute Gasteiger partial charge is 0.497 e. The number of rotatable bonds is 9. The van der Waals surface area contributed by atoms with Gasteiger partial charge in [-0.1, -0.05) is 18.2 Å². The Balaban J connectivity index is 2.20. The van der Waals surface area contributed by atoms with Crippen LogP contribution in [0.5, 0.6) is 11.5 Å². The molecule has 2 aromatic carbocycles. The number of nitrogens with zero attached hydrogens (tertiary/aromatic N) is 1. The van der Waals surface area contributed by atoms with Gasteiger partial charge >= 0.3 is 11.9 Å². The maximum atomic E-state index is 12.7. The second-order valence-electron chi connectivity index (χ2n) is 5.58. The number of carbonyl (C=O) groups excluding carboxylic acids is 2. The Morgan fingerprint density at radius 3 is 2.39 bits per heavy atom. The predicted octanol–water partition coefficient (Wildman–Crippen LogP) is 2.37. The van der Waals surface area contributed by atoms with E-state index in [2.05, 4.69) is 0 Å². The number of anilines is 1. The van der Waals surface area contributed by atoms with Gasteiger partial charge in [-0.15, -0.1) is 0 Å². The van der Waals surface area contributed by atoms with Crippen molar-refractivity contribution in [2.24, 2.45) is 0 Å². The van der Waals surface area contributed by atoms with Crippen LogP contribution in [0.1, 0.15) is 17.3 Å². The van der Waals surface area contributed by atoms with Gasteiger partial charge in [0.05, 0.1) is 13.7 Å². The van der Waals surface area contributed by atoms with Crippen molar-refractivity contribution >= 4 is 23.5 Å². The van der Waals surface area contributed by atoms with Crippen LogP contribution in [0.3, 0.4) is 0 Å². The number of hydrogen-bond acceptors (Lipinski definition) is 6. The highest BCUT2D eigenvalue weighted by Gasteiger charge is 2.21. The highest BCUT2D eigenvalue weighted by Crippen LogP contribution is 2.25. The van der Waals surface area contributed by atoms with Gasteiger partial charge in [-0.2, -0.15) is 0 Å². The number of ether oxygens (including phenoxy) is 3. The quantitative estimate of drug-likeness (QED) is 0.659. The standard InChI is InChI=1S/C20H21NO7/c1-3-27-19(23)12-21(14-7-5-4-6-8-14)18(22)13-28-17-11-15(26-2)9-10-16(17)20(24)25/h4-11H,3,12-13H2,1-2H3,(H,24,25). The van der Waals surface area contributed by atoms with Crippen LogP contribution in [0.2, 0.25) is 0 Å². The Kier molecular flexibility index (Phi) is 7.38. The molecule has 2 aromatic rings. The average Bonchev–Trinajstić information content (AvgIpc) is 2.70. The summed E-state index contributed by atoms with van der Waals surface area (Å²) in [6, 6.07) is 12.8. The lowest BCUT2D eigenvalue weighted by molar-refractivity contribution is -0.142. The summed E-state index contributed by atoms with van der Waals surface area (Å²) >= 11 is 0. The second-order valence-corrected chi connectivity index (χ2v) is 5.58. The molecule has 0 aromatic heterocycles. The lowest BCUT2D eigenvalue weighted by atomic mass is 10.2. The normalized spacial score (nSPS) is 10.1. The lowest BCUT2D eigenvalue weighted by Crippen LogP contribution is -2.39. The Morgan fingerprint density at radius 1 is 1.07 bits per heavy atom. The van der Waals surface area contributed by atoms with E-state index >= 15 is 0 Å². The summed E-state index contributed by atoms with van der Waals surface area (Å²) in [6.07, 6.45) is 0. The minimum absolute atomic E-state index is 0.00986. The molecule has 28 heavy (non-hydrogen) atoms. The van der Waals surface area contributed by atoms with Crippen LogP contribution in [0, 0.1) is 0 Å². The molecule has 148 valence electrons. The molecule has 0 unspecified atom stereocenters. The first-order valence-corrected chi connectivity index (χ1v) is 8.51. The minimum Gasteiger partial charge on any atom is -0.497 e. The second kappa shape index (κ2) is 9.96.